The zero-order chi connectivity index (χ0) is 18.5. The molecule has 1 aromatic carbocycles. The van der Waals surface area contributed by atoms with E-state index in [1.165, 1.54) is 23.8 Å². The van der Waals surface area contributed by atoms with Gasteiger partial charge in [0.05, 0.1) is 14.2 Å². The molecule has 1 fully saturated rings. The van der Waals surface area contributed by atoms with E-state index in [1.54, 1.807) is 25.3 Å². The zero-order valence-electron chi connectivity index (χ0n) is 14.3. The minimum Gasteiger partial charge on any atom is -0.493 e. The van der Waals surface area contributed by atoms with Gasteiger partial charge in [-0.05, 0) is 18.2 Å². The van der Waals surface area contributed by atoms with E-state index in [-0.39, 0.29) is 24.3 Å². The van der Waals surface area contributed by atoms with Gasteiger partial charge in [0.1, 0.15) is 6.54 Å². The van der Waals surface area contributed by atoms with Crippen LogP contribution in [0.15, 0.2) is 22.7 Å². The monoisotopic (exact) mass is 379 g/mol. The second kappa shape index (κ2) is 8.09. The number of rotatable bonds is 7. The highest BCUT2D eigenvalue weighted by molar-refractivity contribution is 8.13. The number of methoxy groups -OCH3 is 2. The Kier molecular flexibility index (Phi) is 5.61. The molecule has 0 bridgehead atoms. The van der Waals surface area contributed by atoms with Gasteiger partial charge in [0, 0.05) is 17.9 Å². The number of aromatic nitrogens is 2. The van der Waals surface area contributed by atoms with Crippen molar-refractivity contribution in [2.24, 2.45) is 0 Å². The van der Waals surface area contributed by atoms with E-state index in [0.717, 1.165) is 0 Å². The van der Waals surface area contributed by atoms with Crippen molar-refractivity contribution in [1.29, 1.82) is 0 Å². The molecule has 0 atom stereocenters. The van der Waals surface area contributed by atoms with Crippen molar-refractivity contribution in [3.8, 4) is 22.9 Å². The summed E-state index contributed by atoms with van der Waals surface area (Å²) in [6.07, 6.45) is 0. The molecule has 138 valence electrons. The summed E-state index contributed by atoms with van der Waals surface area (Å²) in [6.45, 7) is 0.305. The molecule has 1 aromatic heterocycles. The molecule has 2 aromatic rings. The van der Waals surface area contributed by atoms with Crippen molar-refractivity contribution in [2.45, 2.75) is 6.61 Å². The maximum absolute atomic E-state index is 11.8. The second-order valence-electron chi connectivity index (χ2n) is 5.28. The number of hydrogen-bond donors (Lipinski definition) is 0. The highest BCUT2D eigenvalue weighted by atomic mass is 32.2. The predicted octanol–water partition coefficient (Wildman–Crippen LogP) is 1.97. The van der Waals surface area contributed by atoms with Crippen molar-refractivity contribution < 1.29 is 28.3 Å². The smallest absolute Gasteiger partial charge is 0.326 e. The Bertz CT molecular complexity index is 809. The Hall–Kier alpha value is -2.75. The number of ether oxygens (including phenoxy) is 3. The van der Waals surface area contributed by atoms with Crippen molar-refractivity contribution in [3.05, 3.63) is 24.1 Å². The number of hydrogen-bond acceptors (Lipinski definition) is 9. The summed E-state index contributed by atoms with van der Waals surface area (Å²) in [4.78, 5) is 28.9. The lowest BCUT2D eigenvalue weighted by atomic mass is 10.2. The maximum Gasteiger partial charge on any atom is 0.326 e. The van der Waals surface area contributed by atoms with E-state index in [9.17, 15) is 9.59 Å². The van der Waals surface area contributed by atoms with Gasteiger partial charge in [0.2, 0.25) is 5.82 Å². The van der Waals surface area contributed by atoms with Gasteiger partial charge in [-0.15, -0.1) is 0 Å². The lowest BCUT2D eigenvalue weighted by Crippen LogP contribution is -2.30. The average Bonchev–Trinajstić information content (AvgIpc) is 3.29. The molecule has 1 saturated heterocycles. The van der Waals surface area contributed by atoms with Crippen LogP contribution in [0.4, 0.5) is 4.79 Å². The van der Waals surface area contributed by atoms with Crippen LogP contribution in [-0.4, -0.2) is 59.3 Å². The zero-order valence-corrected chi connectivity index (χ0v) is 15.1. The summed E-state index contributed by atoms with van der Waals surface area (Å²) in [6, 6.07) is 5.21. The lowest BCUT2D eigenvalue weighted by Gasteiger charge is -2.12. The minimum absolute atomic E-state index is 0.0808. The molecule has 9 nitrogen and oxygen atoms in total. The summed E-state index contributed by atoms with van der Waals surface area (Å²) in [7, 11) is 3.08. The molecule has 2 heterocycles. The molecule has 26 heavy (non-hydrogen) atoms. The van der Waals surface area contributed by atoms with Gasteiger partial charge in [-0.1, -0.05) is 16.9 Å². The third-order valence-electron chi connectivity index (χ3n) is 3.63. The summed E-state index contributed by atoms with van der Waals surface area (Å²) in [5, 5.41) is 3.75. The molecule has 1 aliphatic heterocycles. The first kappa shape index (κ1) is 18.1. The normalized spacial score (nSPS) is 13.8. The molecule has 0 spiro atoms. The Morgan fingerprint density at radius 3 is 2.81 bits per heavy atom. The molecule has 1 aliphatic rings. The summed E-state index contributed by atoms with van der Waals surface area (Å²) >= 11 is 1.19. The quantitative estimate of drug-likeness (QED) is 0.668. The van der Waals surface area contributed by atoms with Crippen LogP contribution < -0.4 is 9.47 Å². The first-order valence-corrected chi connectivity index (χ1v) is 8.71. The number of esters is 1. The van der Waals surface area contributed by atoms with Crippen molar-refractivity contribution >= 4 is 23.0 Å². The molecule has 0 saturated carbocycles. The molecule has 0 N–H and O–H groups in total. The van der Waals surface area contributed by atoms with Crippen LogP contribution in [-0.2, 0) is 16.1 Å². The van der Waals surface area contributed by atoms with Crippen molar-refractivity contribution in [3.63, 3.8) is 0 Å². The van der Waals surface area contributed by atoms with Crippen LogP contribution in [0.25, 0.3) is 11.4 Å². The predicted molar refractivity (Wildman–Crippen MR) is 92.1 cm³/mol. The number of thioether (sulfide) groups is 1. The molecule has 0 aliphatic carbocycles. The van der Waals surface area contributed by atoms with Gasteiger partial charge in [0.25, 0.3) is 11.1 Å². The number of benzene rings is 1. The van der Waals surface area contributed by atoms with E-state index in [0.29, 0.717) is 35.2 Å². The van der Waals surface area contributed by atoms with Gasteiger partial charge in [-0.3, -0.25) is 9.59 Å². The third kappa shape index (κ3) is 4.07. The SMILES string of the molecule is COc1ccc(-c2noc(COC(=O)CN3CCSC3=O)n2)cc1OC. The first-order chi connectivity index (χ1) is 12.6. The Morgan fingerprint density at radius 2 is 2.12 bits per heavy atom. The highest BCUT2D eigenvalue weighted by Crippen LogP contribution is 2.31. The average molecular weight is 379 g/mol. The fourth-order valence-corrected chi connectivity index (χ4v) is 3.14. The van der Waals surface area contributed by atoms with E-state index < -0.39 is 5.97 Å². The fraction of sp³-hybridized carbons (Fsp3) is 0.375. The number of carbonyl (C=O) groups is 2. The fourth-order valence-electron chi connectivity index (χ4n) is 2.32. The standard InChI is InChI=1S/C16H17N3O6S/c1-22-11-4-3-10(7-12(11)23-2)15-17-13(25-18-15)9-24-14(20)8-19-5-6-26-16(19)21/h3-4,7H,5-6,8-9H2,1-2H3. The van der Waals surface area contributed by atoms with E-state index >= 15 is 0 Å². The summed E-state index contributed by atoms with van der Waals surface area (Å²) in [5.41, 5.74) is 0.670. The minimum atomic E-state index is -0.522. The highest BCUT2D eigenvalue weighted by Gasteiger charge is 2.24. The van der Waals surface area contributed by atoms with Crippen LogP contribution in [0.1, 0.15) is 5.89 Å². The van der Waals surface area contributed by atoms with Gasteiger partial charge in [-0.2, -0.15) is 4.98 Å². The summed E-state index contributed by atoms with van der Waals surface area (Å²) in [5.74, 6) is 1.78. The van der Waals surface area contributed by atoms with E-state index in [1.807, 2.05) is 0 Å². The summed E-state index contributed by atoms with van der Waals surface area (Å²) < 4.78 is 20.6. The van der Waals surface area contributed by atoms with E-state index in [2.05, 4.69) is 10.1 Å². The molecular weight excluding hydrogens is 362 g/mol. The molecule has 3 rings (SSSR count). The first-order valence-electron chi connectivity index (χ1n) is 7.73. The Balaban J connectivity index is 1.59. The molecular formula is C16H17N3O6S. The topological polar surface area (TPSA) is 104 Å². The molecule has 10 heteroatoms. The molecule has 0 radical (unpaired) electrons. The number of nitrogens with zero attached hydrogens (tertiary/aromatic N) is 3. The van der Waals surface area contributed by atoms with Crippen LogP contribution in [0.2, 0.25) is 0 Å². The van der Waals surface area contributed by atoms with Gasteiger partial charge < -0.3 is 23.6 Å². The third-order valence-corrected chi connectivity index (χ3v) is 4.52. The van der Waals surface area contributed by atoms with E-state index in [4.69, 9.17) is 18.7 Å². The van der Waals surface area contributed by atoms with Crippen molar-refractivity contribution in [2.75, 3.05) is 33.1 Å². The largest absolute Gasteiger partial charge is 0.493 e. The van der Waals surface area contributed by atoms with Gasteiger partial charge in [0.15, 0.2) is 18.1 Å². The maximum atomic E-state index is 11.8. The van der Waals surface area contributed by atoms with Crippen LogP contribution in [0, 0.1) is 0 Å². The van der Waals surface area contributed by atoms with Gasteiger partial charge >= 0.3 is 5.97 Å². The Labute approximate surface area is 153 Å². The van der Waals surface area contributed by atoms with Crippen LogP contribution in [0.5, 0.6) is 11.5 Å². The lowest BCUT2D eigenvalue weighted by molar-refractivity contribution is -0.146. The van der Waals surface area contributed by atoms with Gasteiger partial charge in [-0.25, -0.2) is 0 Å². The number of amides is 1. The Morgan fingerprint density at radius 1 is 1.31 bits per heavy atom. The van der Waals surface area contributed by atoms with Crippen molar-refractivity contribution in [1.82, 2.24) is 15.0 Å². The molecule has 1 amide bonds. The van der Waals surface area contributed by atoms with Crippen LogP contribution >= 0.6 is 11.8 Å². The number of carbonyl (C=O) groups excluding carboxylic acids is 2. The second-order valence-corrected chi connectivity index (χ2v) is 6.32. The van der Waals surface area contributed by atoms with Crippen LogP contribution in [0.3, 0.4) is 0 Å². The molecule has 0 unspecified atom stereocenters.